The van der Waals surface area contributed by atoms with Crippen molar-refractivity contribution < 1.29 is 30.3 Å². The standard InChI is InChI=1S/C21H41NO6/c1-12-8-9-17(24)20(26)16(23)7-5-6-14-10-15(22(3)4)11-18(25)19(14)21(27)28-13(12)2/h12-21,23-27H,5-11H2,1-4H3/t12-,13?,14?,15?,16?,17?,18-,19?,20?,21?/m1/s1. The molecule has 5 N–H and O–H groups in total. The molecule has 0 spiro atoms. The second-order valence-corrected chi connectivity index (χ2v) is 9.34. The summed E-state index contributed by atoms with van der Waals surface area (Å²) >= 11 is 0. The molecule has 7 nitrogen and oxygen atoms in total. The summed E-state index contributed by atoms with van der Waals surface area (Å²) in [4.78, 5) is 2.11. The molecular weight excluding hydrogens is 362 g/mol. The van der Waals surface area contributed by atoms with Crippen LogP contribution in [0.25, 0.3) is 0 Å². The Morgan fingerprint density at radius 1 is 0.786 bits per heavy atom. The van der Waals surface area contributed by atoms with Crippen molar-refractivity contribution in [2.75, 3.05) is 14.1 Å². The van der Waals surface area contributed by atoms with E-state index in [4.69, 9.17) is 4.74 Å². The van der Waals surface area contributed by atoms with Gasteiger partial charge in [-0.15, -0.1) is 0 Å². The highest BCUT2D eigenvalue weighted by Crippen LogP contribution is 2.39. The molecule has 166 valence electrons. The van der Waals surface area contributed by atoms with Crippen LogP contribution in [-0.2, 0) is 4.74 Å². The number of rotatable bonds is 1. The van der Waals surface area contributed by atoms with Crippen LogP contribution in [0.1, 0.15) is 58.8 Å². The fourth-order valence-electron chi connectivity index (χ4n) is 4.81. The van der Waals surface area contributed by atoms with Crippen molar-refractivity contribution in [3.63, 3.8) is 0 Å². The maximum atomic E-state index is 10.8. The third-order valence-electron chi connectivity index (χ3n) is 7.07. The number of fused-ring (bicyclic) bond motifs is 1. The van der Waals surface area contributed by atoms with Gasteiger partial charge >= 0.3 is 0 Å². The largest absolute Gasteiger partial charge is 0.393 e. The highest BCUT2D eigenvalue weighted by atomic mass is 16.6. The molecule has 1 heterocycles. The van der Waals surface area contributed by atoms with Crippen molar-refractivity contribution in [1.29, 1.82) is 0 Å². The lowest BCUT2D eigenvalue weighted by molar-refractivity contribution is -0.213. The predicted octanol–water partition coefficient (Wildman–Crippen LogP) is 0.710. The van der Waals surface area contributed by atoms with Gasteiger partial charge in [0.05, 0.1) is 24.4 Å². The summed E-state index contributed by atoms with van der Waals surface area (Å²) in [7, 11) is 4.00. The van der Waals surface area contributed by atoms with Crippen LogP contribution < -0.4 is 0 Å². The fourth-order valence-corrected chi connectivity index (χ4v) is 4.81. The van der Waals surface area contributed by atoms with Gasteiger partial charge in [-0.2, -0.15) is 0 Å². The average Bonchev–Trinajstić information content (AvgIpc) is 2.63. The monoisotopic (exact) mass is 403 g/mol. The van der Waals surface area contributed by atoms with Crippen molar-refractivity contribution in [2.24, 2.45) is 17.8 Å². The van der Waals surface area contributed by atoms with E-state index in [0.29, 0.717) is 32.1 Å². The molecule has 0 aromatic heterocycles. The van der Waals surface area contributed by atoms with Gasteiger partial charge in [-0.1, -0.05) is 13.3 Å². The van der Waals surface area contributed by atoms with Gasteiger partial charge in [-0.25, -0.2) is 0 Å². The highest BCUT2D eigenvalue weighted by molar-refractivity contribution is 4.91. The SMILES string of the molecule is CC1OC(O)C2C(CCCC(O)C(O)C(O)CC[C@H]1C)CC(N(C)C)C[C@H]2O. The Balaban J connectivity index is 2.18. The molecule has 10 atom stereocenters. The zero-order chi connectivity index (χ0) is 21.0. The molecule has 0 aromatic carbocycles. The van der Waals surface area contributed by atoms with Crippen LogP contribution >= 0.6 is 0 Å². The van der Waals surface area contributed by atoms with Crippen LogP contribution in [-0.4, -0.2) is 87.4 Å². The Morgan fingerprint density at radius 2 is 1.43 bits per heavy atom. The van der Waals surface area contributed by atoms with Gasteiger partial charge in [0.25, 0.3) is 0 Å². The second-order valence-electron chi connectivity index (χ2n) is 9.34. The molecule has 2 rings (SSSR count). The van der Waals surface area contributed by atoms with Crippen LogP contribution in [0.15, 0.2) is 0 Å². The minimum absolute atomic E-state index is 0.0605. The topological polar surface area (TPSA) is 114 Å². The molecule has 0 radical (unpaired) electrons. The van der Waals surface area contributed by atoms with Crippen molar-refractivity contribution in [3.8, 4) is 0 Å². The molecule has 28 heavy (non-hydrogen) atoms. The summed E-state index contributed by atoms with van der Waals surface area (Å²) in [6.45, 7) is 3.87. The number of hydrogen-bond donors (Lipinski definition) is 5. The molecule has 1 aliphatic carbocycles. The van der Waals surface area contributed by atoms with Crippen LogP contribution in [0.3, 0.4) is 0 Å². The normalized spacial score (nSPS) is 47.4. The summed E-state index contributed by atoms with van der Waals surface area (Å²) in [5.41, 5.74) is 0. The molecular formula is C21H41NO6. The Hall–Kier alpha value is -0.280. The smallest absolute Gasteiger partial charge is 0.160 e. The lowest BCUT2D eigenvalue weighted by atomic mass is 9.72. The molecule has 0 amide bonds. The maximum Gasteiger partial charge on any atom is 0.160 e. The van der Waals surface area contributed by atoms with E-state index in [9.17, 15) is 25.5 Å². The Labute approximate surface area is 169 Å². The number of aliphatic hydroxyl groups excluding tert-OH is 5. The van der Waals surface area contributed by atoms with Gasteiger partial charge in [-0.05, 0) is 71.4 Å². The number of hydrogen-bond acceptors (Lipinski definition) is 7. The van der Waals surface area contributed by atoms with Gasteiger partial charge in [0.1, 0.15) is 6.10 Å². The molecule has 8 unspecified atom stereocenters. The van der Waals surface area contributed by atoms with Crippen molar-refractivity contribution in [3.05, 3.63) is 0 Å². The van der Waals surface area contributed by atoms with Gasteiger partial charge in [-0.3, -0.25) is 0 Å². The molecule has 1 aliphatic heterocycles. The number of ether oxygens (including phenoxy) is 1. The number of aliphatic hydroxyl groups is 5. The Morgan fingerprint density at radius 3 is 2.07 bits per heavy atom. The first kappa shape index (κ1) is 24.0. The van der Waals surface area contributed by atoms with E-state index in [1.54, 1.807) is 0 Å². The summed E-state index contributed by atoms with van der Waals surface area (Å²) in [6.07, 6.45) is -0.847. The van der Waals surface area contributed by atoms with E-state index in [2.05, 4.69) is 4.90 Å². The van der Waals surface area contributed by atoms with Gasteiger partial charge in [0.15, 0.2) is 6.29 Å². The first-order valence-corrected chi connectivity index (χ1v) is 10.8. The van der Waals surface area contributed by atoms with Crippen molar-refractivity contribution in [2.45, 2.75) is 102 Å². The van der Waals surface area contributed by atoms with Crippen LogP contribution in [0, 0.1) is 17.8 Å². The van der Waals surface area contributed by atoms with E-state index in [1.807, 2.05) is 27.9 Å². The molecule has 2 fully saturated rings. The van der Waals surface area contributed by atoms with E-state index in [-0.39, 0.29) is 29.9 Å². The average molecular weight is 404 g/mol. The minimum Gasteiger partial charge on any atom is -0.393 e. The van der Waals surface area contributed by atoms with Gasteiger partial charge in [0.2, 0.25) is 0 Å². The summed E-state index contributed by atoms with van der Waals surface area (Å²) in [6, 6.07) is 0.232. The van der Waals surface area contributed by atoms with E-state index >= 15 is 0 Å². The first-order chi connectivity index (χ1) is 13.1. The molecule has 0 aromatic rings. The zero-order valence-electron chi connectivity index (χ0n) is 17.8. The molecule has 1 saturated carbocycles. The molecule has 1 saturated heterocycles. The summed E-state index contributed by atoms with van der Waals surface area (Å²) in [5, 5.41) is 52.3. The third-order valence-corrected chi connectivity index (χ3v) is 7.07. The zero-order valence-corrected chi connectivity index (χ0v) is 17.8. The van der Waals surface area contributed by atoms with Crippen LogP contribution in [0.2, 0.25) is 0 Å². The Kier molecular flexibility index (Phi) is 9.13. The summed E-state index contributed by atoms with van der Waals surface area (Å²) in [5.74, 6) is -0.238. The van der Waals surface area contributed by atoms with E-state index in [1.165, 1.54) is 0 Å². The van der Waals surface area contributed by atoms with Crippen molar-refractivity contribution >= 4 is 0 Å². The quantitative estimate of drug-likeness (QED) is 0.438. The van der Waals surface area contributed by atoms with Gasteiger partial charge in [0, 0.05) is 12.0 Å². The predicted molar refractivity (Wildman–Crippen MR) is 107 cm³/mol. The highest BCUT2D eigenvalue weighted by Gasteiger charge is 2.42. The minimum atomic E-state index is -1.15. The second kappa shape index (κ2) is 10.7. The van der Waals surface area contributed by atoms with Crippen LogP contribution in [0.5, 0.6) is 0 Å². The fraction of sp³-hybridized carbons (Fsp3) is 1.00. The lowest BCUT2D eigenvalue weighted by Gasteiger charge is -2.44. The van der Waals surface area contributed by atoms with Gasteiger partial charge < -0.3 is 35.2 Å². The Bertz CT molecular complexity index is 464. The number of nitrogens with zero attached hydrogens (tertiary/aromatic N) is 1. The molecule has 0 bridgehead atoms. The van der Waals surface area contributed by atoms with E-state index < -0.39 is 30.7 Å². The third kappa shape index (κ3) is 6.11. The van der Waals surface area contributed by atoms with Crippen molar-refractivity contribution in [1.82, 2.24) is 4.90 Å². The first-order valence-electron chi connectivity index (χ1n) is 10.8. The molecule has 7 heteroatoms. The van der Waals surface area contributed by atoms with Crippen LogP contribution in [0.4, 0.5) is 0 Å². The summed E-state index contributed by atoms with van der Waals surface area (Å²) < 4.78 is 5.91. The lowest BCUT2D eigenvalue weighted by Crippen LogP contribution is -2.50. The van der Waals surface area contributed by atoms with E-state index in [0.717, 1.165) is 12.8 Å². The molecule has 2 aliphatic rings. The maximum absolute atomic E-state index is 10.8.